The molecular formula is C17H32N2. The van der Waals surface area contributed by atoms with Crippen molar-refractivity contribution in [3.63, 3.8) is 0 Å². The van der Waals surface area contributed by atoms with Crippen LogP contribution in [0.5, 0.6) is 0 Å². The van der Waals surface area contributed by atoms with Gasteiger partial charge >= 0.3 is 0 Å². The molecule has 2 atom stereocenters. The van der Waals surface area contributed by atoms with Gasteiger partial charge in [0.1, 0.15) is 0 Å². The molecule has 2 nitrogen and oxygen atoms in total. The maximum Gasteiger partial charge on any atom is 0.0285 e. The Morgan fingerprint density at radius 2 is 1.68 bits per heavy atom. The normalized spacial score (nSPS) is 39.8. The summed E-state index contributed by atoms with van der Waals surface area (Å²) >= 11 is 0. The van der Waals surface area contributed by atoms with Crippen molar-refractivity contribution in [2.75, 3.05) is 19.6 Å². The number of hydrogen-bond acceptors (Lipinski definition) is 2. The molecule has 1 heterocycles. The van der Waals surface area contributed by atoms with Crippen molar-refractivity contribution >= 4 is 0 Å². The van der Waals surface area contributed by atoms with Gasteiger partial charge in [-0.25, -0.2) is 0 Å². The summed E-state index contributed by atoms with van der Waals surface area (Å²) in [5.41, 5.74) is 7.55. The van der Waals surface area contributed by atoms with Gasteiger partial charge in [-0.05, 0) is 62.9 Å². The molecule has 1 aliphatic heterocycles. The van der Waals surface area contributed by atoms with Gasteiger partial charge in [-0.1, -0.05) is 32.6 Å². The van der Waals surface area contributed by atoms with E-state index in [2.05, 4.69) is 11.8 Å². The number of piperidine rings is 1. The average Bonchev–Trinajstić information content (AvgIpc) is 2.81. The quantitative estimate of drug-likeness (QED) is 0.826. The lowest BCUT2D eigenvalue weighted by Gasteiger charge is -2.45. The van der Waals surface area contributed by atoms with Crippen molar-refractivity contribution in [2.24, 2.45) is 17.1 Å². The average molecular weight is 264 g/mol. The Bertz CT molecular complexity index is 298. The Kier molecular flexibility index (Phi) is 3.92. The molecular weight excluding hydrogens is 232 g/mol. The zero-order chi connectivity index (χ0) is 13.3. The van der Waals surface area contributed by atoms with Crippen molar-refractivity contribution in [3.8, 4) is 0 Å². The molecule has 0 aromatic heterocycles. The predicted molar refractivity (Wildman–Crippen MR) is 81.1 cm³/mol. The molecule has 0 aromatic rings. The fourth-order valence-corrected chi connectivity index (χ4v) is 5.10. The lowest BCUT2D eigenvalue weighted by Crippen LogP contribution is -2.54. The molecule has 0 aromatic carbocycles. The Morgan fingerprint density at radius 3 is 2.32 bits per heavy atom. The minimum absolute atomic E-state index is 0.123. The molecule has 2 unspecified atom stereocenters. The van der Waals surface area contributed by atoms with Gasteiger partial charge in [0.2, 0.25) is 0 Å². The van der Waals surface area contributed by atoms with E-state index in [4.69, 9.17) is 5.73 Å². The number of nitrogens with zero attached hydrogens (tertiary/aromatic N) is 1. The van der Waals surface area contributed by atoms with Crippen LogP contribution in [-0.4, -0.2) is 30.1 Å². The number of rotatable bonds is 2. The van der Waals surface area contributed by atoms with Crippen molar-refractivity contribution in [2.45, 2.75) is 76.7 Å². The molecule has 3 aliphatic rings. The van der Waals surface area contributed by atoms with Gasteiger partial charge in [-0.15, -0.1) is 0 Å². The number of hydrogen-bond donors (Lipinski definition) is 1. The molecule has 2 aliphatic carbocycles. The van der Waals surface area contributed by atoms with E-state index < -0.39 is 0 Å². The van der Waals surface area contributed by atoms with Crippen LogP contribution >= 0.6 is 0 Å². The first-order valence-electron chi connectivity index (χ1n) is 8.61. The van der Waals surface area contributed by atoms with Crippen molar-refractivity contribution in [1.29, 1.82) is 0 Å². The monoisotopic (exact) mass is 264 g/mol. The molecule has 3 rings (SSSR count). The van der Waals surface area contributed by atoms with Crippen LogP contribution in [0.3, 0.4) is 0 Å². The molecule has 2 heteroatoms. The largest absolute Gasteiger partial charge is 0.324 e. The van der Waals surface area contributed by atoms with Gasteiger partial charge < -0.3 is 10.6 Å². The first-order chi connectivity index (χ1) is 9.09. The van der Waals surface area contributed by atoms with E-state index in [-0.39, 0.29) is 5.54 Å². The maximum absolute atomic E-state index is 6.68. The summed E-state index contributed by atoms with van der Waals surface area (Å²) in [4.78, 5) is 2.68. The maximum atomic E-state index is 6.68. The van der Waals surface area contributed by atoms with E-state index in [9.17, 15) is 0 Å². The predicted octanol–water partition coefficient (Wildman–Crippen LogP) is 3.55. The third kappa shape index (κ3) is 3.16. The lowest BCUT2D eigenvalue weighted by molar-refractivity contribution is 0.0748. The minimum atomic E-state index is 0.123. The smallest absolute Gasteiger partial charge is 0.0285 e. The van der Waals surface area contributed by atoms with Crippen LogP contribution in [0.15, 0.2) is 0 Å². The van der Waals surface area contributed by atoms with E-state index >= 15 is 0 Å². The van der Waals surface area contributed by atoms with Gasteiger partial charge in [-0.2, -0.15) is 0 Å². The van der Waals surface area contributed by atoms with Crippen molar-refractivity contribution in [3.05, 3.63) is 0 Å². The topological polar surface area (TPSA) is 29.3 Å². The summed E-state index contributed by atoms with van der Waals surface area (Å²) in [6, 6.07) is 0. The molecule has 1 spiro atoms. The van der Waals surface area contributed by atoms with Crippen molar-refractivity contribution < 1.29 is 0 Å². The summed E-state index contributed by atoms with van der Waals surface area (Å²) in [5, 5.41) is 0. The standard InChI is InChI=1S/C17H32N2/c1-15-5-4-8-17(18,13-15)14-19-11-9-16(10-12-19)6-2-3-7-16/h15H,2-14,18H2,1H3. The molecule has 0 radical (unpaired) electrons. The van der Waals surface area contributed by atoms with E-state index in [0.717, 1.165) is 17.9 Å². The second-order valence-electron chi connectivity index (χ2n) is 8.05. The summed E-state index contributed by atoms with van der Waals surface area (Å²) in [5.74, 6) is 0.838. The summed E-state index contributed by atoms with van der Waals surface area (Å²) in [6.45, 7) is 6.17. The third-order valence-electron chi connectivity index (χ3n) is 6.25. The van der Waals surface area contributed by atoms with Crippen LogP contribution in [0.25, 0.3) is 0 Å². The highest BCUT2D eigenvalue weighted by molar-refractivity contribution is 4.95. The Morgan fingerprint density at radius 1 is 1.00 bits per heavy atom. The molecule has 2 N–H and O–H groups in total. The zero-order valence-corrected chi connectivity index (χ0v) is 12.8. The van der Waals surface area contributed by atoms with Crippen LogP contribution in [0, 0.1) is 11.3 Å². The molecule has 110 valence electrons. The van der Waals surface area contributed by atoms with Gasteiger partial charge in [-0.3, -0.25) is 0 Å². The highest BCUT2D eigenvalue weighted by Crippen LogP contribution is 2.46. The third-order valence-corrected chi connectivity index (χ3v) is 6.25. The highest BCUT2D eigenvalue weighted by Gasteiger charge is 2.39. The fraction of sp³-hybridized carbons (Fsp3) is 1.00. The van der Waals surface area contributed by atoms with E-state index in [1.165, 1.54) is 77.3 Å². The molecule has 0 amide bonds. The SMILES string of the molecule is CC1CCCC(N)(CN2CCC3(CCCC3)CC2)C1. The Hall–Kier alpha value is -0.0800. The first-order valence-corrected chi connectivity index (χ1v) is 8.61. The van der Waals surface area contributed by atoms with Crippen LogP contribution in [-0.2, 0) is 0 Å². The van der Waals surface area contributed by atoms with Crippen LogP contribution < -0.4 is 5.73 Å². The second kappa shape index (κ2) is 5.37. The minimum Gasteiger partial charge on any atom is -0.324 e. The fourth-order valence-electron chi connectivity index (χ4n) is 5.10. The molecule has 0 bridgehead atoms. The molecule has 3 fully saturated rings. The number of nitrogens with two attached hydrogens (primary N) is 1. The summed E-state index contributed by atoms with van der Waals surface area (Å²) in [6.07, 6.45) is 14.1. The van der Waals surface area contributed by atoms with E-state index in [0.29, 0.717) is 0 Å². The Labute approximate surface area is 119 Å². The lowest BCUT2D eigenvalue weighted by atomic mass is 9.74. The van der Waals surface area contributed by atoms with Crippen LogP contribution in [0.2, 0.25) is 0 Å². The second-order valence-corrected chi connectivity index (χ2v) is 8.05. The summed E-state index contributed by atoms with van der Waals surface area (Å²) < 4.78 is 0. The van der Waals surface area contributed by atoms with E-state index in [1.54, 1.807) is 0 Å². The van der Waals surface area contributed by atoms with Gasteiger partial charge in [0.15, 0.2) is 0 Å². The van der Waals surface area contributed by atoms with Gasteiger partial charge in [0.25, 0.3) is 0 Å². The Balaban J connectivity index is 1.51. The number of likely N-dealkylation sites (tertiary alicyclic amines) is 1. The molecule has 1 saturated heterocycles. The molecule has 2 saturated carbocycles. The van der Waals surface area contributed by atoms with Gasteiger partial charge in [0.05, 0.1) is 0 Å². The highest BCUT2D eigenvalue weighted by atomic mass is 15.2. The zero-order valence-electron chi connectivity index (χ0n) is 12.8. The van der Waals surface area contributed by atoms with Crippen LogP contribution in [0.1, 0.15) is 71.1 Å². The van der Waals surface area contributed by atoms with Crippen LogP contribution in [0.4, 0.5) is 0 Å². The summed E-state index contributed by atoms with van der Waals surface area (Å²) in [7, 11) is 0. The van der Waals surface area contributed by atoms with Gasteiger partial charge in [0, 0.05) is 12.1 Å². The molecule has 19 heavy (non-hydrogen) atoms. The first kappa shape index (κ1) is 13.9. The van der Waals surface area contributed by atoms with Crippen molar-refractivity contribution in [1.82, 2.24) is 4.90 Å². The van der Waals surface area contributed by atoms with E-state index in [1.807, 2.05) is 0 Å².